The van der Waals surface area contributed by atoms with Crippen molar-refractivity contribution in [3.8, 4) is 12.1 Å². The van der Waals surface area contributed by atoms with Gasteiger partial charge in [0.25, 0.3) is 0 Å². The number of nitriles is 2. The highest BCUT2D eigenvalue weighted by molar-refractivity contribution is 5.89. The van der Waals surface area contributed by atoms with Crippen LogP contribution >= 0.6 is 0 Å². The van der Waals surface area contributed by atoms with Crippen LogP contribution in [0.2, 0.25) is 0 Å². The molecule has 0 atom stereocenters. The van der Waals surface area contributed by atoms with Crippen LogP contribution in [-0.2, 0) is 9.47 Å². The van der Waals surface area contributed by atoms with Crippen LogP contribution in [0.4, 0.5) is 5.69 Å². The number of unbranched alkanes of at least 4 members (excludes halogenated alkanes) is 1. The predicted octanol–water partition coefficient (Wildman–Crippen LogP) is 8.21. The molecule has 0 spiro atoms. The average Bonchev–Trinajstić information content (AvgIpc) is 3.62. The highest BCUT2D eigenvalue weighted by atomic mass is 16.5. The van der Waals surface area contributed by atoms with Gasteiger partial charge in [0, 0.05) is 24.4 Å². The van der Waals surface area contributed by atoms with E-state index in [1.165, 1.54) is 0 Å². The maximum Gasteiger partial charge on any atom is 0.338 e. The number of allylic oxidation sites excluding steroid dienone is 1. The first-order chi connectivity index (χ1) is 21.8. The highest BCUT2D eigenvalue weighted by Crippen LogP contribution is 2.41. The number of carbonyl (C=O) groups is 1. The van der Waals surface area contributed by atoms with Crippen molar-refractivity contribution in [1.29, 1.82) is 10.5 Å². The molecule has 45 heavy (non-hydrogen) atoms. The Morgan fingerprint density at radius 2 is 1.62 bits per heavy atom. The van der Waals surface area contributed by atoms with Gasteiger partial charge in [0.1, 0.15) is 29.3 Å². The first kappa shape index (κ1) is 32.1. The van der Waals surface area contributed by atoms with Gasteiger partial charge in [-0.05, 0) is 87.7 Å². The third kappa shape index (κ3) is 8.20. The molecule has 1 aromatic heterocycles. The maximum atomic E-state index is 12.1. The summed E-state index contributed by atoms with van der Waals surface area (Å²) in [7, 11) is 0. The number of furan rings is 1. The summed E-state index contributed by atoms with van der Waals surface area (Å²) < 4.78 is 17.1. The van der Waals surface area contributed by atoms with E-state index < -0.39 is 5.60 Å². The summed E-state index contributed by atoms with van der Waals surface area (Å²) in [6.07, 6.45) is 9.04. The molecule has 0 bridgehead atoms. The van der Waals surface area contributed by atoms with Crippen molar-refractivity contribution in [3.63, 3.8) is 0 Å². The molecule has 2 heterocycles. The van der Waals surface area contributed by atoms with E-state index >= 15 is 0 Å². The largest absolute Gasteiger partial charge is 0.493 e. The van der Waals surface area contributed by atoms with Gasteiger partial charge in [-0.2, -0.15) is 10.5 Å². The quantitative estimate of drug-likeness (QED) is 0.0895. The lowest BCUT2D eigenvalue weighted by molar-refractivity contribution is 0.0499. The molecule has 4 rings (SSSR count). The van der Waals surface area contributed by atoms with E-state index in [1.807, 2.05) is 42.5 Å². The van der Waals surface area contributed by atoms with E-state index in [0.29, 0.717) is 29.3 Å². The molecule has 0 fully saturated rings. The summed E-state index contributed by atoms with van der Waals surface area (Å²) in [5, 5.41) is 18.5. The number of ether oxygens (including phenoxy) is 2. The molecular formula is C37H34N4O4. The Morgan fingerprint density at radius 1 is 0.956 bits per heavy atom. The zero-order valence-electron chi connectivity index (χ0n) is 25.6. The molecule has 1 aliphatic rings. The topological polar surface area (TPSA) is 104 Å². The number of nitrogens with zero attached hydrogens (tertiary/aromatic N) is 4. The molecular weight excluding hydrogens is 564 g/mol. The third-order valence-corrected chi connectivity index (χ3v) is 7.25. The van der Waals surface area contributed by atoms with Gasteiger partial charge in [0.2, 0.25) is 5.70 Å². The Balaban J connectivity index is 1.32. The van der Waals surface area contributed by atoms with Crippen LogP contribution in [0.3, 0.4) is 0 Å². The van der Waals surface area contributed by atoms with Crippen LogP contribution in [0.5, 0.6) is 0 Å². The van der Waals surface area contributed by atoms with Crippen molar-refractivity contribution in [2.75, 3.05) is 24.6 Å². The summed E-state index contributed by atoms with van der Waals surface area (Å²) in [6, 6.07) is 24.6. The van der Waals surface area contributed by atoms with Crippen LogP contribution in [-0.4, -0.2) is 31.3 Å². The number of esters is 1. The molecule has 0 amide bonds. The monoisotopic (exact) mass is 598 g/mol. The summed E-state index contributed by atoms with van der Waals surface area (Å²) in [5.74, 6) is 0.978. The first-order valence-corrected chi connectivity index (χ1v) is 14.7. The van der Waals surface area contributed by atoms with Crippen molar-refractivity contribution in [2.45, 2.75) is 39.2 Å². The predicted molar refractivity (Wildman–Crippen MR) is 174 cm³/mol. The number of anilines is 1. The van der Waals surface area contributed by atoms with Crippen LogP contribution < -0.4 is 4.90 Å². The van der Waals surface area contributed by atoms with E-state index in [0.717, 1.165) is 37.2 Å². The average molecular weight is 599 g/mol. The van der Waals surface area contributed by atoms with Crippen molar-refractivity contribution in [3.05, 3.63) is 129 Å². The van der Waals surface area contributed by atoms with E-state index in [4.69, 9.17) is 20.5 Å². The minimum Gasteiger partial charge on any atom is -0.493 e. The van der Waals surface area contributed by atoms with E-state index in [2.05, 4.69) is 40.9 Å². The second-order valence-corrected chi connectivity index (χ2v) is 10.7. The number of benzene rings is 2. The fourth-order valence-electron chi connectivity index (χ4n) is 4.84. The van der Waals surface area contributed by atoms with Crippen molar-refractivity contribution in [1.82, 2.24) is 0 Å². The van der Waals surface area contributed by atoms with Crippen LogP contribution in [0.15, 0.2) is 99.8 Å². The fourth-order valence-corrected chi connectivity index (χ4v) is 4.84. The SMILES string of the molecule is [C-]#[N+]C1=C(/C=C/c2ccc(/C=C/c3ccc(N(CC)CCCCOC(=O)c4ccccc4)cc3)o2)C(C)(C)OC1=C(C#N)C#N. The second kappa shape index (κ2) is 15.1. The fraction of sp³-hybridized carbons (Fsp3) is 0.243. The maximum absolute atomic E-state index is 12.1. The summed E-state index contributed by atoms with van der Waals surface area (Å²) in [5.41, 5.74) is 2.34. The Kier molecular flexibility index (Phi) is 10.8. The number of hydrogen-bond acceptors (Lipinski definition) is 7. The normalized spacial score (nSPS) is 13.7. The lowest BCUT2D eigenvalue weighted by Crippen LogP contribution is -2.24. The van der Waals surface area contributed by atoms with Gasteiger partial charge in [0.15, 0.2) is 11.3 Å². The molecule has 0 aliphatic carbocycles. The molecule has 1 aliphatic heterocycles. The van der Waals surface area contributed by atoms with E-state index in [1.54, 1.807) is 50.3 Å². The van der Waals surface area contributed by atoms with Gasteiger partial charge < -0.3 is 18.8 Å². The van der Waals surface area contributed by atoms with Crippen LogP contribution in [0, 0.1) is 29.2 Å². The molecule has 226 valence electrons. The molecule has 8 nitrogen and oxygen atoms in total. The third-order valence-electron chi connectivity index (χ3n) is 7.25. The Morgan fingerprint density at radius 3 is 2.24 bits per heavy atom. The Labute approximate surface area is 264 Å². The van der Waals surface area contributed by atoms with Gasteiger partial charge in [-0.1, -0.05) is 42.5 Å². The van der Waals surface area contributed by atoms with Gasteiger partial charge in [0.05, 0.1) is 18.7 Å². The van der Waals surface area contributed by atoms with E-state index in [9.17, 15) is 15.3 Å². The minimum absolute atomic E-state index is 0.0117. The van der Waals surface area contributed by atoms with Gasteiger partial charge in [-0.3, -0.25) is 0 Å². The number of rotatable bonds is 12. The van der Waals surface area contributed by atoms with Gasteiger partial charge in [-0.15, -0.1) is 0 Å². The lowest BCUT2D eigenvalue weighted by atomic mass is 9.97. The van der Waals surface area contributed by atoms with Gasteiger partial charge in [-0.25, -0.2) is 9.64 Å². The molecule has 8 heteroatoms. The Hall–Kier alpha value is -5.78. The highest BCUT2D eigenvalue weighted by Gasteiger charge is 2.38. The zero-order chi connectivity index (χ0) is 32.2. The molecule has 0 radical (unpaired) electrons. The van der Waals surface area contributed by atoms with Crippen molar-refractivity contribution < 1.29 is 18.7 Å². The molecule has 0 saturated carbocycles. The molecule has 2 aromatic carbocycles. The molecule has 0 saturated heterocycles. The standard InChI is InChI=1S/C37H34N4O4/c1-5-41(23-9-10-24-43-36(42)28-11-7-6-8-12-28)30-16-13-27(14-17-30)15-18-31-19-20-32(44-31)21-22-33-34(40-4)35(29(25-38)26-39)45-37(33,2)3/h6-8,11-22H,5,9-10,23-24H2,1-3H3/b18-15+,22-21+. The van der Waals surface area contributed by atoms with Crippen LogP contribution in [0.1, 0.15) is 61.1 Å². The number of hydrogen-bond donors (Lipinski definition) is 0. The zero-order valence-corrected chi connectivity index (χ0v) is 25.6. The summed E-state index contributed by atoms with van der Waals surface area (Å²) >= 11 is 0. The summed E-state index contributed by atoms with van der Waals surface area (Å²) in [4.78, 5) is 17.9. The number of carbonyl (C=O) groups excluding carboxylic acids is 1. The second-order valence-electron chi connectivity index (χ2n) is 10.7. The minimum atomic E-state index is -0.878. The molecule has 0 N–H and O–H groups in total. The summed E-state index contributed by atoms with van der Waals surface area (Å²) in [6.45, 7) is 15.4. The molecule has 3 aromatic rings. The first-order valence-electron chi connectivity index (χ1n) is 14.7. The van der Waals surface area contributed by atoms with Crippen molar-refractivity contribution >= 4 is 29.9 Å². The van der Waals surface area contributed by atoms with Crippen molar-refractivity contribution in [2.24, 2.45) is 0 Å². The Bertz CT molecular complexity index is 1740. The van der Waals surface area contributed by atoms with Gasteiger partial charge >= 0.3 is 5.97 Å². The van der Waals surface area contributed by atoms with Crippen LogP contribution in [0.25, 0.3) is 23.1 Å². The molecule has 0 unspecified atom stereocenters. The van der Waals surface area contributed by atoms with E-state index in [-0.39, 0.29) is 23.0 Å². The lowest BCUT2D eigenvalue weighted by Gasteiger charge is -2.23. The smallest absolute Gasteiger partial charge is 0.338 e.